The first kappa shape index (κ1) is 18.7. The lowest BCUT2D eigenvalue weighted by Gasteiger charge is -2.22. The second-order valence-electron chi connectivity index (χ2n) is 4.82. The number of aromatic carboxylic acids is 1. The van der Waals surface area contributed by atoms with Crippen LogP contribution in [-0.4, -0.2) is 51.7 Å². The van der Waals surface area contributed by atoms with Gasteiger partial charge in [-0.25, -0.2) is 4.79 Å². The topological polar surface area (TPSA) is 70.5 Å². The highest BCUT2D eigenvalue weighted by atomic mass is 35.5. The van der Waals surface area contributed by atoms with Crippen LogP contribution in [0.15, 0.2) is 18.3 Å². The number of amides is 1. The number of carbonyl (C=O) groups excluding carboxylic acids is 1. The summed E-state index contributed by atoms with van der Waals surface area (Å²) in [6.45, 7) is 1.15. The maximum absolute atomic E-state index is 12.5. The third-order valence-electron chi connectivity index (χ3n) is 3.14. The van der Waals surface area contributed by atoms with Gasteiger partial charge in [0.25, 0.3) is 5.91 Å². The fourth-order valence-electron chi connectivity index (χ4n) is 1.95. The van der Waals surface area contributed by atoms with Gasteiger partial charge >= 0.3 is 5.97 Å². The molecular weight excluding hydrogens is 327 g/mol. The normalized spacial score (nSPS) is 10.5. The van der Waals surface area contributed by atoms with Gasteiger partial charge in [0.15, 0.2) is 0 Å². The molecule has 122 valence electrons. The minimum absolute atomic E-state index is 0.0554. The maximum Gasteiger partial charge on any atom is 0.335 e. The molecule has 0 unspecified atom stereocenters. The van der Waals surface area contributed by atoms with Gasteiger partial charge in [-0.1, -0.05) is 0 Å². The van der Waals surface area contributed by atoms with Crippen LogP contribution < -0.4 is 0 Å². The lowest BCUT2D eigenvalue weighted by molar-refractivity contribution is 0.0696. The zero-order valence-electron chi connectivity index (χ0n) is 12.3. The largest absolute Gasteiger partial charge is 0.478 e. The summed E-state index contributed by atoms with van der Waals surface area (Å²) in [6, 6.07) is 2.67. The molecule has 0 atom stereocenters. The fourth-order valence-corrected chi connectivity index (χ4v) is 2.33. The zero-order chi connectivity index (χ0) is 16.4. The Kier molecular flexibility index (Phi) is 8.85. The molecule has 0 radical (unpaired) electrons. The molecule has 1 aromatic heterocycles. The van der Waals surface area contributed by atoms with Crippen LogP contribution in [0, 0.1) is 0 Å². The molecule has 0 spiro atoms. The molecule has 0 bridgehead atoms. The van der Waals surface area contributed by atoms with E-state index in [1.165, 1.54) is 18.3 Å². The molecule has 1 rings (SSSR count). The summed E-state index contributed by atoms with van der Waals surface area (Å²) < 4.78 is 0. The summed E-state index contributed by atoms with van der Waals surface area (Å²) in [5.74, 6) is -0.230. The number of pyridine rings is 1. The van der Waals surface area contributed by atoms with Crippen molar-refractivity contribution in [2.24, 2.45) is 0 Å². The Morgan fingerprint density at radius 2 is 1.68 bits per heavy atom. The standard InChI is InChI=1S/C15H20Cl2N2O3/c16-6-1-3-9-19(10-4-2-7-17)14(20)13-11-12(15(21)22)5-8-18-13/h5,8,11H,1-4,6-7,9-10H2,(H,21,22). The van der Waals surface area contributed by atoms with E-state index in [4.69, 9.17) is 28.3 Å². The molecule has 1 aromatic rings. The van der Waals surface area contributed by atoms with E-state index in [9.17, 15) is 9.59 Å². The van der Waals surface area contributed by atoms with Gasteiger partial charge in [0.05, 0.1) is 5.56 Å². The minimum Gasteiger partial charge on any atom is -0.478 e. The number of hydrogen-bond donors (Lipinski definition) is 1. The third-order valence-corrected chi connectivity index (χ3v) is 3.67. The Labute approximate surface area is 140 Å². The number of carboxylic acids is 1. The van der Waals surface area contributed by atoms with Crippen LogP contribution in [0.25, 0.3) is 0 Å². The summed E-state index contributed by atoms with van der Waals surface area (Å²) in [4.78, 5) is 29.2. The van der Waals surface area contributed by atoms with Crippen LogP contribution >= 0.6 is 23.2 Å². The number of alkyl halides is 2. The Morgan fingerprint density at radius 1 is 1.09 bits per heavy atom. The smallest absolute Gasteiger partial charge is 0.335 e. The molecule has 7 heteroatoms. The number of nitrogens with zero attached hydrogens (tertiary/aromatic N) is 2. The highest BCUT2D eigenvalue weighted by Gasteiger charge is 2.18. The number of carbonyl (C=O) groups is 2. The lowest BCUT2D eigenvalue weighted by Crippen LogP contribution is -2.33. The van der Waals surface area contributed by atoms with E-state index in [1.54, 1.807) is 4.90 Å². The number of carboxylic acid groups (broad SMARTS) is 1. The highest BCUT2D eigenvalue weighted by Crippen LogP contribution is 2.09. The molecule has 0 saturated carbocycles. The van der Waals surface area contributed by atoms with Gasteiger partial charge in [-0.05, 0) is 37.8 Å². The van der Waals surface area contributed by atoms with E-state index in [2.05, 4.69) is 4.98 Å². The Hall–Kier alpha value is -1.33. The molecule has 0 saturated heterocycles. The first-order valence-electron chi connectivity index (χ1n) is 7.20. The molecule has 22 heavy (non-hydrogen) atoms. The second kappa shape index (κ2) is 10.4. The van der Waals surface area contributed by atoms with E-state index in [1.807, 2.05) is 0 Å². The first-order chi connectivity index (χ1) is 10.6. The van der Waals surface area contributed by atoms with Crippen LogP contribution in [0.4, 0.5) is 0 Å². The van der Waals surface area contributed by atoms with Crippen LogP contribution in [0.2, 0.25) is 0 Å². The fraction of sp³-hybridized carbons (Fsp3) is 0.533. The van der Waals surface area contributed by atoms with Crippen LogP contribution in [0.3, 0.4) is 0 Å². The number of halogens is 2. The molecule has 0 aliphatic carbocycles. The summed E-state index contributed by atoms with van der Waals surface area (Å²) in [5.41, 5.74) is 0.205. The summed E-state index contributed by atoms with van der Waals surface area (Å²) in [6.07, 6.45) is 4.59. The van der Waals surface area contributed by atoms with E-state index < -0.39 is 5.97 Å². The molecule has 0 fully saturated rings. The Morgan fingerprint density at radius 3 is 2.18 bits per heavy atom. The average Bonchev–Trinajstić information content (AvgIpc) is 2.53. The number of unbranched alkanes of at least 4 members (excludes halogenated alkanes) is 2. The summed E-state index contributed by atoms with van der Waals surface area (Å²) >= 11 is 11.3. The van der Waals surface area contributed by atoms with Gasteiger partial charge in [0.2, 0.25) is 0 Å². The molecular formula is C15H20Cl2N2O3. The molecule has 0 aromatic carbocycles. The summed E-state index contributed by atoms with van der Waals surface area (Å²) in [5, 5.41) is 8.99. The van der Waals surface area contributed by atoms with E-state index in [-0.39, 0.29) is 17.2 Å². The quantitative estimate of drug-likeness (QED) is 0.521. The molecule has 1 heterocycles. The van der Waals surface area contributed by atoms with Crippen molar-refractivity contribution >= 4 is 35.1 Å². The maximum atomic E-state index is 12.5. The minimum atomic E-state index is -1.08. The van der Waals surface area contributed by atoms with Crippen molar-refractivity contribution in [3.05, 3.63) is 29.6 Å². The van der Waals surface area contributed by atoms with E-state index in [0.717, 1.165) is 25.7 Å². The van der Waals surface area contributed by atoms with Crippen molar-refractivity contribution in [1.29, 1.82) is 0 Å². The van der Waals surface area contributed by atoms with E-state index in [0.29, 0.717) is 24.8 Å². The van der Waals surface area contributed by atoms with Crippen LogP contribution in [0.1, 0.15) is 46.5 Å². The van der Waals surface area contributed by atoms with E-state index >= 15 is 0 Å². The first-order valence-corrected chi connectivity index (χ1v) is 8.27. The molecule has 1 amide bonds. The Bertz CT molecular complexity index is 487. The zero-order valence-corrected chi connectivity index (χ0v) is 13.8. The Balaban J connectivity index is 2.79. The van der Waals surface area contributed by atoms with Crippen molar-refractivity contribution in [2.75, 3.05) is 24.8 Å². The highest BCUT2D eigenvalue weighted by molar-refractivity contribution is 6.18. The lowest BCUT2D eigenvalue weighted by atomic mass is 10.2. The number of hydrogen-bond acceptors (Lipinski definition) is 3. The number of aromatic nitrogens is 1. The van der Waals surface area contributed by atoms with Crippen molar-refractivity contribution < 1.29 is 14.7 Å². The number of rotatable bonds is 10. The third kappa shape index (κ3) is 6.20. The molecule has 5 nitrogen and oxygen atoms in total. The van der Waals surface area contributed by atoms with Gasteiger partial charge in [-0.2, -0.15) is 0 Å². The SMILES string of the molecule is O=C(O)c1ccnc(C(=O)N(CCCCCl)CCCCCl)c1. The van der Waals surface area contributed by atoms with Crippen molar-refractivity contribution in [3.63, 3.8) is 0 Å². The molecule has 1 N–H and O–H groups in total. The second-order valence-corrected chi connectivity index (χ2v) is 5.58. The van der Waals surface area contributed by atoms with Gasteiger partial charge in [0.1, 0.15) is 5.69 Å². The average molecular weight is 347 g/mol. The van der Waals surface area contributed by atoms with Gasteiger partial charge in [-0.15, -0.1) is 23.2 Å². The van der Waals surface area contributed by atoms with Gasteiger partial charge in [0, 0.05) is 31.0 Å². The summed E-state index contributed by atoms with van der Waals surface area (Å²) in [7, 11) is 0. The predicted molar refractivity (Wildman–Crippen MR) is 87.0 cm³/mol. The predicted octanol–water partition coefficient (Wildman–Crippen LogP) is 3.26. The van der Waals surface area contributed by atoms with Crippen molar-refractivity contribution in [3.8, 4) is 0 Å². The van der Waals surface area contributed by atoms with Crippen molar-refractivity contribution in [1.82, 2.24) is 9.88 Å². The van der Waals surface area contributed by atoms with Crippen molar-refractivity contribution in [2.45, 2.75) is 25.7 Å². The van der Waals surface area contributed by atoms with Gasteiger partial charge < -0.3 is 10.0 Å². The van der Waals surface area contributed by atoms with Gasteiger partial charge in [-0.3, -0.25) is 9.78 Å². The molecule has 0 aliphatic rings. The van der Waals surface area contributed by atoms with Crippen LogP contribution in [-0.2, 0) is 0 Å². The van der Waals surface area contributed by atoms with Crippen LogP contribution in [0.5, 0.6) is 0 Å². The molecule has 0 aliphatic heterocycles. The monoisotopic (exact) mass is 346 g/mol.